The molecule has 1 rings (SSSR count). The Hall–Kier alpha value is -1.29. The number of carboxylic acids is 1. The van der Waals surface area contributed by atoms with Gasteiger partial charge in [-0.15, -0.1) is 11.8 Å². The number of thioether (sulfide) groups is 1. The molecule has 1 N–H and O–H groups in total. The van der Waals surface area contributed by atoms with Crippen molar-refractivity contribution in [1.82, 2.24) is 0 Å². The first-order valence-electron chi connectivity index (χ1n) is 4.56. The van der Waals surface area contributed by atoms with E-state index in [2.05, 4.69) is 0 Å². The van der Waals surface area contributed by atoms with Gasteiger partial charge in [-0.2, -0.15) is 0 Å². The lowest BCUT2D eigenvalue weighted by Crippen LogP contribution is -2.22. The number of aliphatic carboxylic acids is 1. The zero-order valence-electron chi connectivity index (χ0n) is 8.34. The summed E-state index contributed by atoms with van der Waals surface area (Å²) in [5.74, 6) is -2.03. The van der Waals surface area contributed by atoms with Gasteiger partial charge in [0.25, 0.3) is 0 Å². The van der Waals surface area contributed by atoms with Gasteiger partial charge in [0.2, 0.25) is 5.78 Å². The van der Waals surface area contributed by atoms with Crippen LogP contribution in [0.15, 0.2) is 35.2 Å². The first-order chi connectivity index (χ1) is 7.11. The highest BCUT2D eigenvalue weighted by Crippen LogP contribution is 2.20. The average Bonchev–Trinajstić information content (AvgIpc) is 2.26. The molecule has 0 saturated carbocycles. The van der Waals surface area contributed by atoms with Gasteiger partial charge in [-0.1, -0.05) is 25.1 Å². The van der Waals surface area contributed by atoms with E-state index < -0.39 is 17.7 Å². The van der Waals surface area contributed by atoms with Crippen molar-refractivity contribution in [1.29, 1.82) is 0 Å². The Labute approximate surface area is 92.5 Å². The van der Waals surface area contributed by atoms with Crippen molar-refractivity contribution in [3.63, 3.8) is 0 Å². The van der Waals surface area contributed by atoms with Crippen molar-refractivity contribution < 1.29 is 14.7 Å². The van der Waals surface area contributed by atoms with Crippen LogP contribution in [-0.4, -0.2) is 22.6 Å². The van der Waals surface area contributed by atoms with Gasteiger partial charge in [-0.25, -0.2) is 4.79 Å². The van der Waals surface area contributed by atoms with E-state index >= 15 is 0 Å². The number of Topliss-reactive ketones (excluding diaryl/α,β-unsaturated/α-hetero) is 1. The van der Waals surface area contributed by atoms with Crippen LogP contribution in [0.3, 0.4) is 0 Å². The Morgan fingerprint density at radius 1 is 1.33 bits per heavy atom. The van der Waals surface area contributed by atoms with Gasteiger partial charge in [0, 0.05) is 16.6 Å². The number of hydrogen-bond acceptors (Lipinski definition) is 3. The molecule has 15 heavy (non-hydrogen) atoms. The molecule has 80 valence electrons. The summed E-state index contributed by atoms with van der Waals surface area (Å²) in [6, 6.07) is 9.60. The van der Waals surface area contributed by atoms with Gasteiger partial charge in [0.15, 0.2) is 0 Å². The molecular formula is C11H12O3S. The quantitative estimate of drug-likeness (QED) is 0.614. The number of carboxylic acid groups (broad SMARTS) is 1. The summed E-state index contributed by atoms with van der Waals surface area (Å²) in [4.78, 5) is 22.5. The number of carbonyl (C=O) groups is 2. The molecule has 3 nitrogen and oxygen atoms in total. The van der Waals surface area contributed by atoms with Crippen molar-refractivity contribution in [3.8, 4) is 0 Å². The van der Waals surface area contributed by atoms with Crippen LogP contribution in [0.1, 0.15) is 6.92 Å². The average molecular weight is 224 g/mol. The summed E-state index contributed by atoms with van der Waals surface area (Å²) in [6.07, 6.45) is 0. The molecule has 1 unspecified atom stereocenters. The fourth-order valence-electron chi connectivity index (χ4n) is 1.02. The van der Waals surface area contributed by atoms with Crippen LogP contribution in [0.4, 0.5) is 0 Å². The maximum Gasteiger partial charge on any atom is 0.372 e. The molecule has 0 amide bonds. The second-order valence-corrected chi connectivity index (χ2v) is 4.29. The Morgan fingerprint density at radius 3 is 2.47 bits per heavy atom. The topological polar surface area (TPSA) is 54.4 Å². The van der Waals surface area contributed by atoms with Gasteiger partial charge >= 0.3 is 5.97 Å². The first-order valence-corrected chi connectivity index (χ1v) is 5.55. The summed E-state index contributed by atoms with van der Waals surface area (Å²) in [6.45, 7) is 1.63. The van der Waals surface area contributed by atoms with Gasteiger partial charge in [0.05, 0.1) is 0 Å². The zero-order valence-corrected chi connectivity index (χ0v) is 9.16. The van der Waals surface area contributed by atoms with Crippen molar-refractivity contribution >= 4 is 23.5 Å². The highest BCUT2D eigenvalue weighted by Gasteiger charge is 2.19. The van der Waals surface area contributed by atoms with Gasteiger partial charge < -0.3 is 5.11 Å². The molecule has 0 saturated heterocycles. The fourth-order valence-corrected chi connectivity index (χ4v) is 1.97. The molecule has 1 atom stereocenters. The molecule has 1 aromatic carbocycles. The zero-order chi connectivity index (χ0) is 11.3. The van der Waals surface area contributed by atoms with Crippen molar-refractivity contribution in [2.45, 2.75) is 11.8 Å². The number of carbonyl (C=O) groups excluding carboxylic acids is 1. The molecule has 1 aromatic rings. The minimum atomic E-state index is -1.35. The van der Waals surface area contributed by atoms with Crippen LogP contribution in [0.5, 0.6) is 0 Å². The summed E-state index contributed by atoms with van der Waals surface area (Å²) in [7, 11) is 0. The Morgan fingerprint density at radius 2 is 1.93 bits per heavy atom. The Balaban J connectivity index is 2.44. The number of rotatable bonds is 5. The van der Waals surface area contributed by atoms with E-state index in [1.807, 2.05) is 30.3 Å². The second-order valence-electron chi connectivity index (χ2n) is 3.19. The van der Waals surface area contributed by atoms with Crippen molar-refractivity contribution in [2.24, 2.45) is 5.92 Å². The monoisotopic (exact) mass is 224 g/mol. The second kappa shape index (κ2) is 5.56. The van der Waals surface area contributed by atoms with Crippen molar-refractivity contribution in [3.05, 3.63) is 30.3 Å². The molecule has 0 heterocycles. The standard InChI is InChI=1S/C11H12O3S/c1-8(10(12)11(13)14)7-15-9-5-3-2-4-6-9/h2-6,8H,7H2,1H3,(H,13,14). The van der Waals surface area contributed by atoms with Crippen LogP contribution >= 0.6 is 11.8 Å². The molecule has 0 spiro atoms. The lowest BCUT2D eigenvalue weighted by Gasteiger charge is -2.06. The lowest BCUT2D eigenvalue weighted by molar-refractivity contribution is -0.150. The highest BCUT2D eigenvalue weighted by atomic mass is 32.2. The fraction of sp³-hybridized carbons (Fsp3) is 0.273. The summed E-state index contributed by atoms with van der Waals surface area (Å²) in [5.41, 5.74) is 0. The third-order valence-electron chi connectivity index (χ3n) is 1.90. The summed E-state index contributed by atoms with van der Waals surface area (Å²) < 4.78 is 0. The third kappa shape index (κ3) is 3.75. The van der Waals surface area contributed by atoms with Crippen LogP contribution < -0.4 is 0 Å². The molecule has 4 heteroatoms. The van der Waals surface area contributed by atoms with Gasteiger partial charge in [-0.05, 0) is 12.1 Å². The van der Waals surface area contributed by atoms with E-state index in [1.165, 1.54) is 11.8 Å². The Bertz CT molecular complexity index is 348. The van der Waals surface area contributed by atoms with Crippen molar-refractivity contribution in [2.75, 3.05) is 5.75 Å². The smallest absolute Gasteiger partial charge is 0.372 e. The SMILES string of the molecule is CC(CSc1ccccc1)C(=O)C(=O)O. The molecule has 0 bridgehead atoms. The van der Waals surface area contributed by atoms with E-state index in [0.717, 1.165) is 4.90 Å². The van der Waals surface area contributed by atoms with Crippen LogP contribution in [0, 0.1) is 5.92 Å². The molecular weight excluding hydrogens is 212 g/mol. The van der Waals surface area contributed by atoms with E-state index in [0.29, 0.717) is 5.75 Å². The minimum absolute atomic E-state index is 0.451. The number of benzene rings is 1. The predicted octanol–water partition coefficient (Wildman–Crippen LogP) is 2.07. The molecule has 0 aliphatic carbocycles. The maximum atomic E-state index is 11.1. The van der Waals surface area contributed by atoms with Gasteiger partial charge in [0.1, 0.15) is 0 Å². The molecule has 0 aromatic heterocycles. The number of hydrogen-bond donors (Lipinski definition) is 1. The van der Waals surface area contributed by atoms with E-state index in [1.54, 1.807) is 6.92 Å². The van der Waals surface area contributed by atoms with Gasteiger partial charge in [-0.3, -0.25) is 4.79 Å². The maximum absolute atomic E-state index is 11.1. The predicted molar refractivity (Wildman–Crippen MR) is 59.0 cm³/mol. The Kier molecular flexibility index (Phi) is 4.37. The molecule has 0 aliphatic rings. The largest absolute Gasteiger partial charge is 0.475 e. The summed E-state index contributed by atoms with van der Waals surface area (Å²) in [5, 5.41) is 8.49. The van der Waals surface area contributed by atoms with Crippen LogP contribution in [0.2, 0.25) is 0 Å². The molecule has 0 aliphatic heterocycles. The first kappa shape index (κ1) is 11.8. The third-order valence-corrected chi connectivity index (χ3v) is 3.17. The molecule has 0 fully saturated rings. The minimum Gasteiger partial charge on any atom is -0.475 e. The van der Waals surface area contributed by atoms with E-state index in [4.69, 9.17) is 5.11 Å². The normalized spacial score (nSPS) is 12.1. The highest BCUT2D eigenvalue weighted by molar-refractivity contribution is 7.99. The molecule has 0 radical (unpaired) electrons. The summed E-state index contributed by atoms with van der Waals surface area (Å²) >= 11 is 1.49. The lowest BCUT2D eigenvalue weighted by atomic mass is 10.1. The van der Waals surface area contributed by atoms with Crippen LogP contribution in [-0.2, 0) is 9.59 Å². The number of ketones is 1. The van der Waals surface area contributed by atoms with E-state index in [9.17, 15) is 9.59 Å². The van der Waals surface area contributed by atoms with E-state index in [-0.39, 0.29) is 0 Å². The van der Waals surface area contributed by atoms with Crippen LogP contribution in [0.25, 0.3) is 0 Å².